The maximum Gasteiger partial charge on any atom is 0.341 e. The molecule has 0 N–H and O–H groups in total. The fraction of sp³-hybridized carbons (Fsp3) is 0.214. The van der Waals surface area contributed by atoms with E-state index in [1.54, 1.807) is 6.07 Å². The van der Waals surface area contributed by atoms with E-state index in [4.69, 9.17) is 14.7 Å². The van der Waals surface area contributed by atoms with Crippen molar-refractivity contribution in [3.63, 3.8) is 0 Å². The first-order valence-corrected chi connectivity index (χ1v) is 11.5. The van der Waals surface area contributed by atoms with Crippen molar-refractivity contribution in [3.05, 3.63) is 84.2 Å². The van der Waals surface area contributed by atoms with Crippen LogP contribution in [0.3, 0.4) is 0 Å². The van der Waals surface area contributed by atoms with Gasteiger partial charge in [0.25, 0.3) is 0 Å². The largest absolute Gasteiger partial charge is 0.479 e. The molecule has 176 valence electrons. The van der Waals surface area contributed by atoms with E-state index in [1.807, 2.05) is 60.1 Å². The Morgan fingerprint density at radius 1 is 1.03 bits per heavy atom. The highest BCUT2D eigenvalue weighted by Crippen LogP contribution is 2.30. The van der Waals surface area contributed by atoms with Crippen LogP contribution in [0.5, 0.6) is 5.75 Å². The van der Waals surface area contributed by atoms with Gasteiger partial charge in [-0.2, -0.15) is 5.26 Å². The number of carbonyl (C=O) groups excluding carboxylic acids is 1. The van der Waals surface area contributed by atoms with E-state index < -0.39 is 0 Å². The van der Waals surface area contributed by atoms with Gasteiger partial charge in [-0.05, 0) is 42.9 Å². The Kier molecular flexibility index (Phi) is 6.13. The van der Waals surface area contributed by atoms with Crippen LogP contribution in [0.25, 0.3) is 27.3 Å². The molecule has 3 aromatic heterocycles. The molecule has 0 aliphatic heterocycles. The Labute approximate surface area is 203 Å². The van der Waals surface area contributed by atoms with Gasteiger partial charge >= 0.3 is 5.97 Å². The summed E-state index contributed by atoms with van der Waals surface area (Å²) in [5.74, 6) is 0.227. The SMILES string of the molecule is CN(CCOC(=O)c1c2ccc(OCC#N)cc2n2ccccc12)Cc1cn(C)c2ccccc12. The van der Waals surface area contributed by atoms with Gasteiger partial charge in [-0.1, -0.05) is 24.3 Å². The number of fused-ring (bicyclic) bond motifs is 4. The summed E-state index contributed by atoms with van der Waals surface area (Å²) in [4.78, 5) is 15.3. The number of likely N-dealkylation sites (N-methyl/N-ethyl adjacent to an activating group) is 1. The second-order valence-corrected chi connectivity index (χ2v) is 8.61. The molecule has 0 fully saturated rings. The molecular weight excluding hydrogens is 440 g/mol. The summed E-state index contributed by atoms with van der Waals surface area (Å²) < 4.78 is 15.3. The van der Waals surface area contributed by atoms with Crippen molar-refractivity contribution in [2.75, 3.05) is 26.8 Å². The number of nitrogens with zero attached hydrogens (tertiary/aromatic N) is 4. The highest BCUT2D eigenvalue weighted by atomic mass is 16.5. The summed E-state index contributed by atoms with van der Waals surface area (Å²) in [7, 11) is 4.08. The zero-order valence-electron chi connectivity index (χ0n) is 19.8. The lowest BCUT2D eigenvalue weighted by atomic mass is 10.1. The molecule has 0 radical (unpaired) electrons. The molecule has 0 spiro atoms. The first-order valence-electron chi connectivity index (χ1n) is 11.5. The fourth-order valence-corrected chi connectivity index (χ4v) is 4.62. The minimum absolute atomic E-state index is 0.0317. The van der Waals surface area contributed by atoms with E-state index in [0.717, 1.165) is 23.0 Å². The Balaban J connectivity index is 1.31. The first kappa shape index (κ1) is 22.5. The molecule has 3 heterocycles. The molecule has 0 aliphatic carbocycles. The molecular formula is C28H26N4O3. The predicted octanol–water partition coefficient (Wildman–Crippen LogP) is 4.78. The van der Waals surface area contributed by atoms with Crippen molar-refractivity contribution < 1.29 is 14.3 Å². The highest BCUT2D eigenvalue weighted by Gasteiger charge is 2.20. The van der Waals surface area contributed by atoms with Crippen LogP contribution >= 0.6 is 0 Å². The fourth-order valence-electron chi connectivity index (χ4n) is 4.62. The third kappa shape index (κ3) is 4.32. The predicted molar refractivity (Wildman–Crippen MR) is 136 cm³/mol. The normalized spacial score (nSPS) is 11.4. The lowest BCUT2D eigenvalue weighted by Gasteiger charge is -2.16. The number of aromatic nitrogens is 2. The van der Waals surface area contributed by atoms with E-state index >= 15 is 0 Å². The number of nitriles is 1. The van der Waals surface area contributed by atoms with Crippen LogP contribution < -0.4 is 4.74 Å². The lowest BCUT2D eigenvalue weighted by molar-refractivity contribution is 0.0475. The Morgan fingerprint density at radius 2 is 1.83 bits per heavy atom. The van der Waals surface area contributed by atoms with Gasteiger partial charge in [0.15, 0.2) is 6.61 Å². The van der Waals surface area contributed by atoms with Gasteiger partial charge in [-0.25, -0.2) is 4.79 Å². The molecule has 5 rings (SSSR count). The number of aryl methyl sites for hydroxylation is 1. The van der Waals surface area contributed by atoms with Crippen molar-refractivity contribution in [3.8, 4) is 11.8 Å². The molecule has 2 aromatic carbocycles. The zero-order valence-corrected chi connectivity index (χ0v) is 19.8. The van der Waals surface area contributed by atoms with Crippen molar-refractivity contribution in [2.24, 2.45) is 7.05 Å². The summed E-state index contributed by atoms with van der Waals surface area (Å²) in [5, 5.41) is 10.8. The first-order chi connectivity index (χ1) is 17.1. The van der Waals surface area contributed by atoms with E-state index in [0.29, 0.717) is 17.9 Å². The number of esters is 1. The van der Waals surface area contributed by atoms with Crippen LogP contribution in [-0.4, -0.2) is 46.6 Å². The summed E-state index contributed by atoms with van der Waals surface area (Å²) in [5.41, 5.74) is 4.58. The Hall–Kier alpha value is -4.28. The summed E-state index contributed by atoms with van der Waals surface area (Å²) >= 11 is 0. The monoisotopic (exact) mass is 466 g/mol. The topological polar surface area (TPSA) is 71.9 Å². The van der Waals surface area contributed by atoms with Crippen LogP contribution in [0.1, 0.15) is 15.9 Å². The molecule has 35 heavy (non-hydrogen) atoms. The third-order valence-corrected chi connectivity index (χ3v) is 6.25. The molecule has 7 nitrogen and oxygen atoms in total. The van der Waals surface area contributed by atoms with Gasteiger partial charge in [-0.3, -0.25) is 4.90 Å². The number of ether oxygens (including phenoxy) is 2. The third-order valence-electron chi connectivity index (χ3n) is 6.25. The van der Waals surface area contributed by atoms with Crippen LogP contribution in [0.15, 0.2) is 73.1 Å². The van der Waals surface area contributed by atoms with Crippen molar-refractivity contribution in [1.29, 1.82) is 5.26 Å². The van der Waals surface area contributed by atoms with Crippen molar-refractivity contribution in [2.45, 2.75) is 6.54 Å². The number of para-hydroxylation sites is 1. The maximum absolute atomic E-state index is 13.2. The van der Waals surface area contributed by atoms with E-state index in [-0.39, 0.29) is 19.2 Å². The van der Waals surface area contributed by atoms with Crippen molar-refractivity contribution >= 4 is 33.3 Å². The van der Waals surface area contributed by atoms with Crippen LogP contribution in [-0.2, 0) is 18.3 Å². The highest BCUT2D eigenvalue weighted by molar-refractivity contribution is 6.12. The average molecular weight is 467 g/mol. The van der Waals surface area contributed by atoms with Gasteiger partial charge in [0.05, 0.1) is 16.6 Å². The minimum Gasteiger partial charge on any atom is -0.479 e. The standard InChI is InChI=1S/C28H26N4O3/c1-30(18-20-19-31(2)24-8-4-3-7-22(20)24)14-16-35-28(33)27-23-11-10-21(34-15-12-29)17-26(23)32-13-6-5-9-25(27)32/h3-11,13,17,19H,14-16,18H2,1-2H3. The quantitative estimate of drug-likeness (QED) is 0.308. The lowest BCUT2D eigenvalue weighted by Crippen LogP contribution is -2.24. The maximum atomic E-state index is 13.2. The zero-order chi connectivity index (χ0) is 24.4. The number of rotatable bonds is 8. The second-order valence-electron chi connectivity index (χ2n) is 8.61. The summed E-state index contributed by atoms with van der Waals surface area (Å²) in [6, 6.07) is 21.5. The Bertz CT molecular complexity index is 1570. The average Bonchev–Trinajstić information content (AvgIpc) is 3.37. The molecule has 0 bridgehead atoms. The van der Waals surface area contributed by atoms with Crippen LogP contribution in [0.2, 0.25) is 0 Å². The van der Waals surface area contributed by atoms with Gasteiger partial charge in [0.1, 0.15) is 18.4 Å². The molecule has 7 heteroatoms. The van der Waals surface area contributed by atoms with Crippen LogP contribution in [0.4, 0.5) is 0 Å². The van der Waals surface area contributed by atoms with Crippen molar-refractivity contribution in [1.82, 2.24) is 13.9 Å². The number of pyridine rings is 1. The second kappa shape index (κ2) is 9.53. The smallest absolute Gasteiger partial charge is 0.341 e. The Morgan fingerprint density at radius 3 is 2.69 bits per heavy atom. The van der Waals surface area contributed by atoms with E-state index in [1.165, 1.54) is 16.5 Å². The van der Waals surface area contributed by atoms with E-state index in [9.17, 15) is 4.79 Å². The molecule has 5 aromatic rings. The van der Waals surface area contributed by atoms with Gasteiger partial charge < -0.3 is 18.4 Å². The number of carbonyl (C=O) groups is 1. The molecule has 0 saturated heterocycles. The number of hydrogen-bond acceptors (Lipinski definition) is 5. The van der Waals surface area contributed by atoms with Gasteiger partial charge in [0, 0.05) is 54.9 Å². The summed E-state index contributed by atoms with van der Waals surface area (Å²) in [6.45, 7) is 1.64. The summed E-state index contributed by atoms with van der Waals surface area (Å²) in [6.07, 6.45) is 4.06. The van der Waals surface area contributed by atoms with Crippen LogP contribution in [0, 0.1) is 11.3 Å². The number of hydrogen-bond donors (Lipinski definition) is 0. The van der Waals surface area contributed by atoms with Gasteiger partial charge in [0.2, 0.25) is 0 Å². The molecule has 0 unspecified atom stereocenters. The molecule has 0 aliphatic rings. The van der Waals surface area contributed by atoms with E-state index in [2.05, 4.69) is 40.9 Å². The molecule has 0 atom stereocenters. The molecule has 0 amide bonds. The minimum atomic E-state index is -0.354. The molecule has 0 saturated carbocycles. The number of benzene rings is 2. The van der Waals surface area contributed by atoms with Gasteiger partial charge in [-0.15, -0.1) is 0 Å².